The van der Waals surface area contributed by atoms with Crippen molar-refractivity contribution in [2.24, 2.45) is 0 Å². The molecule has 1 atom stereocenters. The van der Waals surface area contributed by atoms with E-state index in [4.69, 9.17) is 0 Å². The minimum Gasteiger partial charge on any atom is -0.202 e. The van der Waals surface area contributed by atoms with E-state index in [2.05, 4.69) is 22.6 Å². The monoisotopic (exact) mass is 272 g/mol. The number of allylic oxidation sites excluding steroid dienone is 2. The lowest BCUT2D eigenvalue weighted by Crippen LogP contribution is -2.16. The molecule has 1 aliphatic carbocycles. The van der Waals surface area contributed by atoms with Gasteiger partial charge in [0.05, 0.1) is 0 Å². The molecule has 0 radical (unpaired) electrons. The molecule has 0 aromatic carbocycles. The summed E-state index contributed by atoms with van der Waals surface area (Å²) in [7, 11) is 0. The topological polar surface area (TPSA) is 0 Å². The number of hydrogen-bond acceptors (Lipinski definition) is 0. The maximum absolute atomic E-state index is 12.7. The molecule has 0 aliphatic heterocycles. The fourth-order valence-corrected chi connectivity index (χ4v) is 1.78. The van der Waals surface area contributed by atoms with E-state index in [0.717, 1.165) is 18.9 Å². The summed E-state index contributed by atoms with van der Waals surface area (Å²) in [6.45, 7) is 0. The number of rotatable bonds is 0. The van der Waals surface area contributed by atoms with Crippen molar-refractivity contribution in [2.75, 3.05) is 0 Å². The third-order valence-corrected chi connectivity index (χ3v) is 3.04. The number of hydrogen-bond donors (Lipinski definition) is 0. The van der Waals surface area contributed by atoms with Crippen LogP contribution in [0.4, 0.5) is 8.78 Å². The van der Waals surface area contributed by atoms with E-state index in [9.17, 15) is 8.78 Å². The summed E-state index contributed by atoms with van der Waals surface area (Å²) < 4.78 is 25.9. The van der Waals surface area contributed by atoms with Gasteiger partial charge in [0.15, 0.2) is 0 Å². The van der Waals surface area contributed by atoms with Gasteiger partial charge in [0.1, 0.15) is 0 Å². The Labute approximate surface area is 79.2 Å². The van der Waals surface area contributed by atoms with Crippen LogP contribution in [0.3, 0.4) is 0 Å². The highest BCUT2D eigenvalue weighted by Gasteiger charge is 2.26. The minimum absolute atomic E-state index is 0.0110. The smallest absolute Gasteiger partial charge is 0.202 e. The van der Waals surface area contributed by atoms with Gasteiger partial charge >= 0.3 is 0 Å². The van der Waals surface area contributed by atoms with Crippen molar-refractivity contribution >= 4 is 22.6 Å². The van der Waals surface area contributed by atoms with Crippen molar-refractivity contribution in [3.8, 4) is 0 Å². The summed E-state index contributed by atoms with van der Waals surface area (Å²) in [4.78, 5) is 0. The van der Waals surface area contributed by atoms with E-state index < -0.39 is 5.92 Å². The van der Waals surface area contributed by atoms with Crippen molar-refractivity contribution in [2.45, 2.75) is 35.5 Å². The van der Waals surface area contributed by atoms with Crippen LogP contribution < -0.4 is 0 Å². The molecule has 0 bridgehead atoms. The molecule has 0 spiro atoms. The zero-order valence-electron chi connectivity index (χ0n) is 6.19. The van der Waals surface area contributed by atoms with Crippen LogP contribution in [0.25, 0.3) is 0 Å². The van der Waals surface area contributed by atoms with Crippen LogP contribution in [0, 0.1) is 0 Å². The number of halogens is 3. The summed E-state index contributed by atoms with van der Waals surface area (Å²) in [5.41, 5.74) is 0. The molecule has 0 N–H and O–H groups in total. The van der Waals surface area contributed by atoms with Crippen molar-refractivity contribution in [3.63, 3.8) is 0 Å². The Morgan fingerprint density at radius 2 is 2.09 bits per heavy atom. The van der Waals surface area contributed by atoms with Crippen molar-refractivity contribution in [1.82, 2.24) is 0 Å². The highest BCUT2D eigenvalue weighted by atomic mass is 127. The maximum Gasteiger partial charge on any atom is 0.266 e. The SMILES string of the molecule is FC1(F)/C=C\CCC(I)CC1. The molecule has 0 heterocycles. The third-order valence-electron chi connectivity index (χ3n) is 1.80. The second-order valence-corrected chi connectivity index (χ2v) is 4.64. The van der Waals surface area contributed by atoms with E-state index in [0.29, 0.717) is 10.3 Å². The molecule has 0 fully saturated rings. The van der Waals surface area contributed by atoms with Gasteiger partial charge in [0, 0.05) is 10.3 Å². The van der Waals surface area contributed by atoms with Crippen molar-refractivity contribution in [3.05, 3.63) is 12.2 Å². The van der Waals surface area contributed by atoms with Crippen LogP contribution in [0.15, 0.2) is 12.2 Å². The van der Waals surface area contributed by atoms with Gasteiger partial charge in [-0.2, -0.15) is 0 Å². The lowest BCUT2D eigenvalue weighted by Gasteiger charge is -2.17. The first-order valence-electron chi connectivity index (χ1n) is 3.80. The molecule has 0 aromatic rings. The second kappa shape index (κ2) is 3.83. The second-order valence-electron chi connectivity index (χ2n) is 2.88. The fourth-order valence-electron chi connectivity index (χ4n) is 1.11. The molecular weight excluding hydrogens is 261 g/mol. The molecule has 0 saturated carbocycles. The summed E-state index contributed by atoms with van der Waals surface area (Å²) in [6, 6.07) is 0. The largest absolute Gasteiger partial charge is 0.266 e. The first-order valence-corrected chi connectivity index (χ1v) is 5.04. The lowest BCUT2D eigenvalue weighted by atomic mass is 10.0. The molecule has 3 heteroatoms. The number of alkyl halides is 3. The summed E-state index contributed by atoms with van der Waals surface area (Å²) in [5.74, 6) is -2.55. The standard InChI is InChI=1S/C8H11F2I/c9-8(10)5-2-1-3-7(11)4-6-8/h2,5,7H,1,3-4,6H2/b5-2-. The van der Waals surface area contributed by atoms with Crippen LogP contribution in [-0.4, -0.2) is 9.85 Å². The van der Waals surface area contributed by atoms with Gasteiger partial charge in [-0.1, -0.05) is 28.7 Å². The molecule has 1 aliphatic rings. The average Bonchev–Trinajstić information content (AvgIpc) is 1.92. The summed E-state index contributed by atoms with van der Waals surface area (Å²) in [5, 5.41) is 0. The zero-order valence-corrected chi connectivity index (χ0v) is 8.35. The Morgan fingerprint density at radius 1 is 1.36 bits per heavy atom. The highest BCUT2D eigenvalue weighted by molar-refractivity contribution is 14.1. The first kappa shape index (κ1) is 9.42. The molecule has 0 amide bonds. The minimum atomic E-state index is -2.55. The van der Waals surface area contributed by atoms with Gasteiger partial charge in [0.25, 0.3) is 5.92 Å². The van der Waals surface area contributed by atoms with E-state index in [1.807, 2.05) is 0 Å². The van der Waals surface area contributed by atoms with Gasteiger partial charge in [-0.25, -0.2) is 8.78 Å². The molecule has 1 rings (SSSR count). The van der Waals surface area contributed by atoms with Crippen molar-refractivity contribution < 1.29 is 8.78 Å². The lowest BCUT2D eigenvalue weighted by molar-refractivity contribution is 0.0422. The molecule has 0 aromatic heterocycles. The summed E-state index contributed by atoms with van der Waals surface area (Å²) in [6.07, 6.45) is 5.13. The molecule has 11 heavy (non-hydrogen) atoms. The molecular formula is C8H11F2I. The predicted molar refractivity (Wildman–Crippen MR) is 50.4 cm³/mol. The Morgan fingerprint density at radius 3 is 2.82 bits per heavy atom. The molecule has 0 saturated heterocycles. The molecule has 0 nitrogen and oxygen atoms in total. The quantitative estimate of drug-likeness (QED) is 0.359. The van der Waals surface area contributed by atoms with E-state index >= 15 is 0 Å². The third kappa shape index (κ3) is 3.49. The van der Waals surface area contributed by atoms with Crippen LogP contribution in [0.5, 0.6) is 0 Å². The van der Waals surface area contributed by atoms with Crippen molar-refractivity contribution in [1.29, 1.82) is 0 Å². The van der Waals surface area contributed by atoms with E-state index in [1.54, 1.807) is 6.08 Å². The van der Waals surface area contributed by atoms with Gasteiger partial charge in [-0.15, -0.1) is 0 Å². The normalized spacial score (nSPS) is 33.9. The van der Waals surface area contributed by atoms with E-state index in [-0.39, 0.29) is 6.42 Å². The first-order chi connectivity index (χ1) is 5.10. The fraction of sp³-hybridized carbons (Fsp3) is 0.750. The van der Waals surface area contributed by atoms with Gasteiger partial charge in [-0.05, 0) is 25.3 Å². The Balaban J connectivity index is 2.53. The Kier molecular flexibility index (Phi) is 3.28. The molecule has 1 unspecified atom stereocenters. The zero-order chi connectivity index (χ0) is 8.32. The molecule has 64 valence electrons. The van der Waals surface area contributed by atoms with Crippen LogP contribution in [-0.2, 0) is 0 Å². The van der Waals surface area contributed by atoms with Crippen LogP contribution in [0.1, 0.15) is 25.7 Å². The summed E-state index contributed by atoms with van der Waals surface area (Å²) >= 11 is 2.25. The van der Waals surface area contributed by atoms with Crippen LogP contribution >= 0.6 is 22.6 Å². The Hall–Kier alpha value is 0.330. The predicted octanol–water partition coefficient (Wildman–Crippen LogP) is 3.56. The maximum atomic E-state index is 12.7. The Bertz CT molecular complexity index is 154. The van der Waals surface area contributed by atoms with Crippen LogP contribution in [0.2, 0.25) is 0 Å². The van der Waals surface area contributed by atoms with E-state index in [1.165, 1.54) is 0 Å². The van der Waals surface area contributed by atoms with Gasteiger partial charge in [0.2, 0.25) is 0 Å². The van der Waals surface area contributed by atoms with Gasteiger partial charge in [-0.3, -0.25) is 0 Å². The average molecular weight is 272 g/mol. The van der Waals surface area contributed by atoms with Gasteiger partial charge < -0.3 is 0 Å². The highest BCUT2D eigenvalue weighted by Crippen LogP contribution is 2.29.